The molecule has 0 amide bonds. The molecular weight excluding hydrogens is 279 g/mol. The van der Waals surface area contributed by atoms with Crippen molar-refractivity contribution in [2.45, 2.75) is 51.2 Å². The van der Waals surface area contributed by atoms with Crippen LogP contribution >= 0.6 is 0 Å². The minimum atomic E-state index is -4.14. The molecule has 0 bridgehead atoms. The van der Waals surface area contributed by atoms with Crippen LogP contribution in [0.25, 0.3) is 0 Å². The molecule has 0 aromatic carbocycles. The van der Waals surface area contributed by atoms with Crippen molar-refractivity contribution >= 4 is 9.84 Å². The van der Waals surface area contributed by atoms with Gasteiger partial charge < -0.3 is 5.32 Å². The van der Waals surface area contributed by atoms with E-state index in [-0.39, 0.29) is 29.9 Å². The van der Waals surface area contributed by atoms with Gasteiger partial charge in [-0.2, -0.15) is 13.2 Å². The van der Waals surface area contributed by atoms with Gasteiger partial charge >= 0.3 is 6.18 Å². The van der Waals surface area contributed by atoms with Crippen LogP contribution in [0.15, 0.2) is 0 Å². The Morgan fingerprint density at radius 2 is 2.05 bits per heavy atom. The second-order valence-corrected chi connectivity index (χ2v) is 7.54. The quantitative estimate of drug-likeness (QED) is 0.786. The smallest absolute Gasteiger partial charge is 0.314 e. The van der Waals surface area contributed by atoms with Gasteiger partial charge in [-0.25, -0.2) is 8.42 Å². The molecule has 0 aromatic rings. The van der Waals surface area contributed by atoms with Crippen LogP contribution in [-0.2, 0) is 9.84 Å². The fraction of sp³-hybridized carbons (Fsp3) is 1.00. The summed E-state index contributed by atoms with van der Waals surface area (Å²) in [6.07, 6.45) is -2.97. The maximum atomic E-state index is 12.3. The Labute approximate surface area is 112 Å². The molecule has 7 heteroatoms. The normalized spacial score (nSPS) is 24.5. The summed E-state index contributed by atoms with van der Waals surface area (Å²) in [5.41, 5.74) is 0. The Bertz CT molecular complexity index is 368. The lowest BCUT2D eigenvalue weighted by atomic mass is 9.96. The largest absolute Gasteiger partial charge is 0.389 e. The molecule has 1 heterocycles. The van der Waals surface area contributed by atoms with E-state index in [0.717, 1.165) is 6.42 Å². The third-order valence-electron chi connectivity index (χ3n) is 3.40. The number of nitrogens with one attached hydrogen (secondary N) is 1. The molecule has 1 aliphatic rings. The van der Waals surface area contributed by atoms with Crippen molar-refractivity contribution in [1.29, 1.82) is 0 Å². The summed E-state index contributed by atoms with van der Waals surface area (Å²) in [4.78, 5) is 0. The van der Waals surface area contributed by atoms with E-state index in [2.05, 4.69) is 5.32 Å². The van der Waals surface area contributed by atoms with Crippen molar-refractivity contribution in [3.63, 3.8) is 0 Å². The van der Waals surface area contributed by atoms with Crippen molar-refractivity contribution in [3.8, 4) is 0 Å². The molecule has 2 unspecified atom stereocenters. The monoisotopic (exact) mass is 301 g/mol. The number of halogens is 3. The van der Waals surface area contributed by atoms with Crippen molar-refractivity contribution < 1.29 is 21.6 Å². The van der Waals surface area contributed by atoms with Gasteiger partial charge in [-0.15, -0.1) is 0 Å². The van der Waals surface area contributed by atoms with Crippen LogP contribution in [0.4, 0.5) is 13.2 Å². The van der Waals surface area contributed by atoms with Gasteiger partial charge in [-0.3, -0.25) is 0 Å². The highest BCUT2D eigenvalue weighted by Crippen LogP contribution is 2.27. The molecule has 1 N–H and O–H groups in total. The fourth-order valence-electron chi connectivity index (χ4n) is 2.45. The van der Waals surface area contributed by atoms with E-state index in [9.17, 15) is 21.6 Å². The third-order valence-corrected chi connectivity index (χ3v) is 5.24. The second-order valence-electron chi connectivity index (χ2n) is 5.31. The van der Waals surface area contributed by atoms with Crippen LogP contribution in [0.1, 0.15) is 39.0 Å². The van der Waals surface area contributed by atoms with E-state index in [1.165, 1.54) is 0 Å². The summed E-state index contributed by atoms with van der Waals surface area (Å²) in [5.74, 6) is 0.313. The van der Waals surface area contributed by atoms with Gasteiger partial charge in [0.05, 0.1) is 11.5 Å². The first-order valence-electron chi connectivity index (χ1n) is 6.72. The molecule has 0 aromatic heterocycles. The molecule has 2 atom stereocenters. The number of rotatable bonds is 7. The topological polar surface area (TPSA) is 46.2 Å². The summed E-state index contributed by atoms with van der Waals surface area (Å²) in [7, 11) is -2.95. The minimum absolute atomic E-state index is 0.00703. The van der Waals surface area contributed by atoms with Crippen LogP contribution in [-0.4, -0.2) is 38.7 Å². The Balaban J connectivity index is 2.45. The molecule has 1 fully saturated rings. The van der Waals surface area contributed by atoms with Gasteiger partial charge in [-0.1, -0.05) is 6.92 Å². The third kappa shape index (κ3) is 7.15. The van der Waals surface area contributed by atoms with Gasteiger partial charge in [0.15, 0.2) is 9.84 Å². The number of alkyl halides is 3. The summed E-state index contributed by atoms with van der Waals surface area (Å²) in [6.45, 7) is 2.62. The molecular formula is C12H22F3NO2S. The van der Waals surface area contributed by atoms with Gasteiger partial charge in [0.1, 0.15) is 0 Å². The zero-order valence-corrected chi connectivity index (χ0v) is 12.0. The van der Waals surface area contributed by atoms with Crippen molar-refractivity contribution in [1.82, 2.24) is 5.32 Å². The fourth-order valence-corrected chi connectivity index (χ4v) is 4.33. The van der Waals surface area contributed by atoms with E-state index < -0.39 is 22.4 Å². The predicted octanol–water partition coefficient (Wildman–Crippen LogP) is 2.52. The number of hydrogen-bond acceptors (Lipinski definition) is 3. The lowest BCUT2D eigenvalue weighted by molar-refractivity contribution is -0.136. The van der Waals surface area contributed by atoms with Crippen LogP contribution in [0.3, 0.4) is 0 Å². The average Bonchev–Trinajstić information content (AvgIpc) is 2.61. The average molecular weight is 301 g/mol. The molecule has 0 saturated carbocycles. The Hall–Kier alpha value is -0.300. The van der Waals surface area contributed by atoms with Crippen molar-refractivity contribution in [3.05, 3.63) is 0 Å². The summed E-state index contributed by atoms with van der Waals surface area (Å²) in [6, 6.07) is -0.236. The lowest BCUT2D eigenvalue weighted by Crippen LogP contribution is -2.33. The Kier molecular flexibility index (Phi) is 6.11. The van der Waals surface area contributed by atoms with E-state index in [4.69, 9.17) is 0 Å². The van der Waals surface area contributed by atoms with Crippen LogP contribution in [0.2, 0.25) is 0 Å². The van der Waals surface area contributed by atoms with Gasteiger partial charge in [0.25, 0.3) is 0 Å². The highest BCUT2D eigenvalue weighted by atomic mass is 32.2. The predicted molar refractivity (Wildman–Crippen MR) is 68.7 cm³/mol. The first-order valence-corrected chi connectivity index (χ1v) is 8.54. The van der Waals surface area contributed by atoms with E-state index >= 15 is 0 Å². The molecule has 0 spiro atoms. The zero-order valence-electron chi connectivity index (χ0n) is 11.2. The second kappa shape index (κ2) is 6.92. The van der Waals surface area contributed by atoms with E-state index in [1.54, 1.807) is 0 Å². The highest BCUT2D eigenvalue weighted by Gasteiger charge is 2.32. The minimum Gasteiger partial charge on any atom is -0.314 e. The molecule has 0 radical (unpaired) electrons. The first kappa shape index (κ1) is 16.8. The van der Waals surface area contributed by atoms with Gasteiger partial charge in [-0.05, 0) is 38.1 Å². The SMILES string of the molecule is CCCNC(CCC(F)(F)F)CC1CCS(=O)(=O)C1. The molecule has 1 rings (SSSR count). The van der Waals surface area contributed by atoms with E-state index in [0.29, 0.717) is 19.4 Å². The Morgan fingerprint density at radius 1 is 1.37 bits per heavy atom. The molecule has 114 valence electrons. The van der Waals surface area contributed by atoms with Crippen LogP contribution in [0, 0.1) is 5.92 Å². The zero-order chi connectivity index (χ0) is 14.5. The maximum Gasteiger partial charge on any atom is 0.389 e. The summed E-state index contributed by atoms with van der Waals surface area (Å²) in [5, 5.41) is 3.10. The van der Waals surface area contributed by atoms with Crippen LogP contribution < -0.4 is 5.32 Å². The molecule has 3 nitrogen and oxygen atoms in total. The number of hydrogen-bond donors (Lipinski definition) is 1. The first-order chi connectivity index (χ1) is 8.72. The maximum absolute atomic E-state index is 12.3. The van der Waals surface area contributed by atoms with Gasteiger partial charge in [0, 0.05) is 12.5 Å². The molecule has 19 heavy (non-hydrogen) atoms. The standard InChI is InChI=1S/C12H22F3NO2S/c1-2-6-16-11(3-5-12(13,14)15)8-10-4-7-19(17,18)9-10/h10-11,16H,2-9H2,1H3. The number of sulfone groups is 1. The van der Waals surface area contributed by atoms with Crippen molar-refractivity contribution in [2.75, 3.05) is 18.1 Å². The summed E-state index contributed by atoms with van der Waals surface area (Å²) < 4.78 is 59.5. The molecule has 0 aliphatic carbocycles. The lowest BCUT2D eigenvalue weighted by Gasteiger charge is -2.22. The molecule has 1 aliphatic heterocycles. The van der Waals surface area contributed by atoms with Crippen LogP contribution in [0.5, 0.6) is 0 Å². The summed E-state index contributed by atoms with van der Waals surface area (Å²) >= 11 is 0. The van der Waals surface area contributed by atoms with Gasteiger partial charge in [0.2, 0.25) is 0 Å². The Morgan fingerprint density at radius 3 is 2.53 bits per heavy atom. The molecule has 1 saturated heterocycles. The van der Waals surface area contributed by atoms with E-state index in [1.807, 2.05) is 6.92 Å². The van der Waals surface area contributed by atoms with Crippen molar-refractivity contribution in [2.24, 2.45) is 5.92 Å². The highest BCUT2D eigenvalue weighted by molar-refractivity contribution is 7.91.